The molecule has 8 atom stereocenters. The second-order valence-electron chi connectivity index (χ2n) is 11.9. The monoisotopic (exact) mass is 484 g/mol. The van der Waals surface area contributed by atoms with Gasteiger partial charge in [0.15, 0.2) is 11.9 Å². The van der Waals surface area contributed by atoms with E-state index < -0.39 is 57.5 Å². The van der Waals surface area contributed by atoms with E-state index in [-0.39, 0.29) is 30.7 Å². The number of allylic oxidation sites excluding steroid dienone is 1. The molecule has 4 saturated heterocycles. The molecule has 2 aliphatic carbocycles. The Labute approximate surface area is 201 Å². The largest absolute Gasteiger partial charge is 0.504 e. The fourth-order valence-electron chi connectivity index (χ4n) is 8.96. The lowest BCUT2D eigenvalue weighted by molar-refractivity contribution is -0.212. The summed E-state index contributed by atoms with van der Waals surface area (Å²) in [5.74, 6) is -2.07. The number of furan rings is 1. The average molecular weight is 485 g/mol. The topological polar surface area (TPSA) is 125 Å². The van der Waals surface area contributed by atoms with Gasteiger partial charge in [-0.2, -0.15) is 0 Å². The minimum Gasteiger partial charge on any atom is -0.504 e. The molecule has 1 unspecified atom stereocenters. The molecule has 1 N–H and O–H groups in total. The second kappa shape index (κ2) is 6.00. The van der Waals surface area contributed by atoms with Crippen molar-refractivity contribution in [2.75, 3.05) is 6.61 Å². The molecule has 5 fully saturated rings. The normalized spacial score (nSPS) is 49.2. The van der Waals surface area contributed by atoms with Gasteiger partial charge in [-0.1, -0.05) is 6.92 Å². The van der Waals surface area contributed by atoms with Gasteiger partial charge in [-0.25, -0.2) is 4.79 Å². The third-order valence-electron chi connectivity index (χ3n) is 10.2. The molecule has 1 aromatic heterocycles. The number of aliphatic hydroxyl groups is 1. The molecule has 186 valence electrons. The van der Waals surface area contributed by atoms with E-state index in [2.05, 4.69) is 0 Å². The quantitative estimate of drug-likeness (QED) is 0.473. The first kappa shape index (κ1) is 21.6. The molecule has 0 aromatic carbocycles. The lowest BCUT2D eigenvalue weighted by atomic mass is 9.39. The number of esters is 2. The van der Waals surface area contributed by atoms with Crippen LogP contribution in [-0.2, 0) is 33.3 Å². The highest BCUT2D eigenvalue weighted by Gasteiger charge is 2.90. The summed E-state index contributed by atoms with van der Waals surface area (Å²) >= 11 is 0. The van der Waals surface area contributed by atoms with Gasteiger partial charge < -0.3 is 28.5 Å². The number of epoxide rings is 1. The molecular formula is C26H28O9. The van der Waals surface area contributed by atoms with Crippen LogP contribution < -0.4 is 0 Å². The Hall–Kier alpha value is -2.65. The summed E-state index contributed by atoms with van der Waals surface area (Å²) in [6.07, 6.45) is 2.15. The molecule has 6 aliphatic rings. The van der Waals surface area contributed by atoms with Crippen molar-refractivity contribution >= 4 is 17.7 Å². The van der Waals surface area contributed by atoms with Crippen LogP contribution >= 0.6 is 0 Å². The van der Waals surface area contributed by atoms with Gasteiger partial charge in [0.2, 0.25) is 5.78 Å². The van der Waals surface area contributed by atoms with Gasteiger partial charge in [-0.05, 0) is 45.6 Å². The zero-order chi connectivity index (χ0) is 24.8. The SMILES string of the molecule is CC1(C)O[C@@H]2CC(=O)OC[C@]23C1=C(O)C(=O)[C@]1(C)C3CC[C@@]2(C)[C@H](c3ccoc3)OC(=O)[C@H]3O[C@]321. The molecule has 0 bridgehead atoms. The molecule has 9 heteroatoms. The highest BCUT2D eigenvalue weighted by Crippen LogP contribution is 2.79. The van der Waals surface area contributed by atoms with Gasteiger partial charge in [-0.3, -0.25) is 9.59 Å². The first-order valence-electron chi connectivity index (χ1n) is 12.2. The third kappa shape index (κ3) is 2.07. The predicted molar refractivity (Wildman–Crippen MR) is 116 cm³/mol. The van der Waals surface area contributed by atoms with Crippen LogP contribution in [0.1, 0.15) is 58.6 Å². The Bertz CT molecular complexity index is 1230. The van der Waals surface area contributed by atoms with Crippen molar-refractivity contribution in [2.24, 2.45) is 22.2 Å². The van der Waals surface area contributed by atoms with E-state index in [0.29, 0.717) is 24.0 Å². The molecule has 35 heavy (non-hydrogen) atoms. The molecule has 1 saturated carbocycles. The van der Waals surface area contributed by atoms with Crippen molar-refractivity contribution in [3.8, 4) is 0 Å². The number of hydrogen-bond donors (Lipinski definition) is 1. The maximum atomic E-state index is 14.3. The van der Waals surface area contributed by atoms with Crippen LogP contribution in [-0.4, -0.2) is 52.8 Å². The molecule has 1 aromatic rings. The van der Waals surface area contributed by atoms with Gasteiger partial charge in [0, 0.05) is 16.6 Å². The van der Waals surface area contributed by atoms with E-state index in [1.165, 1.54) is 6.26 Å². The number of Topliss-reactive ketones (excluding diaryl/α,β-unsaturated/α-hetero) is 1. The maximum absolute atomic E-state index is 14.3. The minimum absolute atomic E-state index is 0.0138. The first-order valence-corrected chi connectivity index (χ1v) is 12.2. The predicted octanol–water partition coefficient (Wildman–Crippen LogP) is 2.94. The van der Waals surface area contributed by atoms with Gasteiger partial charge in [-0.15, -0.1) is 0 Å². The number of ketones is 1. The van der Waals surface area contributed by atoms with Crippen LogP contribution in [0.15, 0.2) is 34.3 Å². The van der Waals surface area contributed by atoms with Crippen LogP contribution in [0.2, 0.25) is 0 Å². The smallest absolute Gasteiger partial charge is 0.339 e. The fraction of sp³-hybridized carbons (Fsp3) is 0.654. The lowest BCUT2D eigenvalue weighted by Gasteiger charge is -2.63. The summed E-state index contributed by atoms with van der Waals surface area (Å²) < 4.78 is 29.4. The summed E-state index contributed by atoms with van der Waals surface area (Å²) in [6, 6.07) is 1.76. The van der Waals surface area contributed by atoms with Crippen molar-refractivity contribution in [2.45, 2.75) is 76.5 Å². The number of cyclic esters (lactones) is 2. The van der Waals surface area contributed by atoms with E-state index in [1.54, 1.807) is 12.3 Å². The van der Waals surface area contributed by atoms with Crippen LogP contribution in [0.25, 0.3) is 0 Å². The molecule has 7 rings (SSSR count). The number of fused-ring (bicyclic) bond motifs is 1. The Kier molecular flexibility index (Phi) is 3.71. The first-order chi connectivity index (χ1) is 16.4. The zero-order valence-electron chi connectivity index (χ0n) is 20.1. The van der Waals surface area contributed by atoms with Crippen molar-refractivity contribution in [3.63, 3.8) is 0 Å². The van der Waals surface area contributed by atoms with E-state index in [0.717, 1.165) is 0 Å². The van der Waals surface area contributed by atoms with Gasteiger partial charge in [0.25, 0.3) is 0 Å². The van der Waals surface area contributed by atoms with E-state index >= 15 is 0 Å². The number of carbonyl (C=O) groups excluding carboxylic acids is 3. The molecule has 2 spiro atoms. The third-order valence-corrected chi connectivity index (χ3v) is 10.2. The van der Waals surface area contributed by atoms with Crippen LogP contribution in [0.3, 0.4) is 0 Å². The molecule has 4 aliphatic heterocycles. The number of aliphatic hydroxyl groups excluding tert-OH is 1. The Morgan fingerprint density at radius 3 is 2.54 bits per heavy atom. The number of hydrogen-bond acceptors (Lipinski definition) is 9. The van der Waals surface area contributed by atoms with Gasteiger partial charge in [0.1, 0.15) is 18.3 Å². The molecular weight excluding hydrogens is 456 g/mol. The van der Waals surface area contributed by atoms with Crippen LogP contribution in [0, 0.1) is 22.2 Å². The number of rotatable bonds is 1. The molecule has 5 heterocycles. The maximum Gasteiger partial charge on any atom is 0.339 e. The highest BCUT2D eigenvalue weighted by atomic mass is 16.7. The number of carbonyl (C=O) groups is 3. The summed E-state index contributed by atoms with van der Waals surface area (Å²) in [7, 11) is 0. The summed E-state index contributed by atoms with van der Waals surface area (Å²) in [4.78, 5) is 39.7. The zero-order valence-corrected chi connectivity index (χ0v) is 20.1. The minimum atomic E-state index is -1.27. The van der Waals surface area contributed by atoms with E-state index in [1.807, 2.05) is 27.7 Å². The average Bonchev–Trinajstić information content (AvgIpc) is 3.26. The summed E-state index contributed by atoms with van der Waals surface area (Å²) in [5.41, 5.74) is -3.85. The Morgan fingerprint density at radius 1 is 1.06 bits per heavy atom. The van der Waals surface area contributed by atoms with Crippen LogP contribution in [0.4, 0.5) is 0 Å². The van der Waals surface area contributed by atoms with Crippen molar-refractivity contribution in [3.05, 3.63) is 35.5 Å². The number of ether oxygens (including phenoxy) is 4. The van der Waals surface area contributed by atoms with E-state index in [9.17, 15) is 19.5 Å². The lowest BCUT2D eigenvalue weighted by Crippen LogP contribution is -2.71. The Morgan fingerprint density at radius 2 is 1.83 bits per heavy atom. The summed E-state index contributed by atoms with van der Waals surface area (Å²) in [5, 5.41) is 11.5. The highest BCUT2D eigenvalue weighted by molar-refractivity contribution is 6.03. The van der Waals surface area contributed by atoms with E-state index in [4.69, 9.17) is 23.4 Å². The second-order valence-corrected chi connectivity index (χ2v) is 11.9. The van der Waals surface area contributed by atoms with Crippen molar-refractivity contribution in [1.82, 2.24) is 0 Å². The molecule has 9 nitrogen and oxygen atoms in total. The molecule has 0 radical (unpaired) electrons. The fourth-order valence-corrected chi connectivity index (χ4v) is 8.96. The van der Waals surface area contributed by atoms with Gasteiger partial charge >= 0.3 is 11.9 Å². The van der Waals surface area contributed by atoms with Crippen LogP contribution in [0.5, 0.6) is 0 Å². The Balaban J connectivity index is 1.47. The standard InChI is InChI=1S/C26H28O9/c1-22(2)17-16(28)18(29)24(4)13(25(17)11-32-15(27)9-14(25)34-22)5-7-23(3)19(12-6-8-31-10-12)33-21(30)20-26(23,24)35-20/h6,8,10,13-14,19-20,28H,5,7,9,11H2,1-4H3/t13?,14-,19+,20-,23+,24+,25-,26-/m1/s1. The molecule has 0 amide bonds. The summed E-state index contributed by atoms with van der Waals surface area (Å²) in [6.45, 7) is 7.44. The van der Waals surface area contributed by atoms with Crippen molar-refractivity contribution < 1.29 is 42.9 Å². The van der Waals surface area contributed by atoms with Crippen molar-refractivity contribution in [1.29, 1.82) is 0 Å². The van der Waals surface area contributed by atoms with Gasteiger partial charge in [0.05, 0.1) is 41.5 Å².